The molecule has 5 heteroatoms. The summed E-state index contributed by atoms with van der Waals surface area (Å²) in [6, 6.07) is -1.24. The molecule has 0 bridgehead atoms. The fraction of sp³-hybridized carbons (Fsp3) is 0.750. The monoisotopic (exact) mass is 186 g/mol. The topological polar surface area (TPSA) is 92.4 Å². The second kappa shape index (κ2) is 4.34. The molecular formula is C8H14N2O3. The highest BCUT2D eigenvalue weighted by molar-refractivity contribution is 5.89. The molecule has 74 valence electrons. The van der Waals surface area contributed by atoms with Crippen molar-refractivity contribution >= 4 is 11.8 Å². The lowest BCUT2D eigenvalue weighted by atomic mass is 10.0. The molecule has 0 aliphatic carbocycles. The van der Waals surface area contributed by atoms with Crippen LogP contribution in [0.4, 0.5) is 0 Å². The Balaban J connectivity index is 2.35. The first kappa shape index (κ1) is 10.1. The van der Waals surface area contributed by atoms with Crippen LogP contribution in [-0.4, -0.2) is 35.5 Å². The lowest BCUT2D eigenvalue weighted by Crippen LogP contribution is -2.39. The number of Topliss-reactive ketones (excluding diaryl/α,β-unsaturated/α-hetero) is 1. The summed E-state index contributed by atoms with van der Waals surface area (Å²) in [6.07, 6.45) is 1.69. The van der Waals surface area contributed by atoms with Crippen molar-refractivity contribution in [1.29, 1.82) is 0 Å². The van der Waals surface area contributed by atoms with Crippen LogP contribution in [0.5, 0.6) is 0 Å². The van der Waals surface area contributed by atoms with E-state index in [4.69, 9.17) is 10.8 Å². The Labute approximate surface area is 76.3 Å². The number of nitrogens with two attached hydrogens (primary N) is 1. The van der Waals surface area contributed by atoms with Crippen LogP contribution in [0.25, 0.3) is 0 Å². The van der Waals surface area contributed by atoms with Crippen molar-refractivity contribution in [3.8, 4) is 0 Å². The molecule has 0 aromatic heterocycles. The molecule has 1 aliphatic rings. The van der Waals surface area contributed by atoms with Crippen LogP contribution in [0, 0.1) is 0 Å². The Morgan fingerprint density at radius 2 is 2.31 bits per heavy atom. The van der Waals surface area contributed by atoms with Gasteiger partial charge in [-0.2, -0.15) is 0 Å². The molecule has 4 N–H and O–H groups in total. The maximum Gasteiger partial charge on any atom is 0.320 e. The number of carbonyl (C=O) groups is 2. The number of rotatable bonds is 4. The van der Waals surface area contributed by atoms with Crippen molar-refractivity contribution in [1.82, 2.24) is 5.32 Å². The van der Waals surface area contributed by atoms with Gasteiger partial charge in [0.05, 0.1) is 6.04 Å². The lowest BCUT2D eigenvalue weighted by Gasteiger charge is -2.10. The first-order valence-electron chi connectivity index (χ1n) is 4.35. The first-order valence-corrected chi connectivity index (χ1v) is 4.35. The number of carboxylic acid groups (broad SMARTS) is 1. The smallest absolute Gasteiger partial charge is 0.320 e. The van der Waals surface area contributed by atoms with Crippen molar-refractivity contribution in [2.24, 2.45) is 5.73 Å². The Morgan fingerprint density at radius 3 is 2.77 bits per heavy atom. The Hall–Kier alpha value is -0.940. The number of ketones is 1. The summed E-state index contributed by atoms with van der Waals surface area (Å²) in [4.78, 5) is 21.7. The lowest BCUT2D eigenvalue weighted by molar-refractivity contribution is -0.140. The summed E-state index contributed by atoms with van der Waals surface area (Å²) in [7, 11) is 0. The van der Waals surface area contributed by atoms with Crippen LogP contribution in [0.2, 0.25) is 0 Å². The van der Waals surface area contributed by atoms with E-state index in [9.17, 15) is 9.59 Å². The largest absolute Gasteiger partial charge is 0.480 e. The third-order valence-corrected chi connectivity index (χ3v) is 2.19. The molecule has 0 saturated carbocycles. The molecular weight excluding hydrogens is 172 g/mol. The maximum absolute atomic E-state index is 11.4. The molecule has 1 aliphatic heterocycles. The third kappa shape index (κ3) is 2.78. The summed E-state index contributed by atoms with van der Waals surface area (Å²) in [6.45, 7) is 0.832. The Bertz CT molecular complexity index is 211. The molecule has 0 aromatic carbocycles. The van der Waals surface area contributed by atoms with Crippen molar-refractivity contribution in [2.45, 2.75) is 31.3 Å². The van der Waals surface area contributed by atoms with E-state index >= 15 is 0 Å². The molecule has 1 fully saturated rings. The van der Waals surface area contributed by atoms with E-state index in [-0.39, 0.29) is 18.2 Å². The van der Waals surface area contributed by atoms with E-state index in [1.165, 1.54) is 0 Å². The van der Waals surface area contributed by atoms with Gasteiger partial charge < -0.3 is 16.2 Å². The van der Waals surface area contributed by atoms with Gasteiger partial charge in [0.1, 0.15) is 6.04 Å². The van der Waals surface area contributed by atoms with Gasteiger partial charge in [0.25, 0.3) is 0 Å². The molecule has 1 saturated heterocycles. The minimum atomic E-state index is -1.12. The van der Waals surface area contributed by atoms with Crippen molar-refractivity contribution in [2.75, 3.05) is 6.54 Å². The molecule has 1 heterocycles. The summed E-state index contributed by atoms with van der Waals surface area (Å²) in [5.74, 6) is -1.21. The van der Waals surface area contributed by atoms with Gasteiger partial charge in [0.15, 0.2) is 5.78 Å². The van der Waals surface area contributed by atoms with Gasteiger partial charge in [0.2, 0.25) is 0 Å². The summed E-state index contributed by atoms with van der Waals surface area (Å²) < 4.78 is 0. The van der Waals surface area contributed by atoms with Gasteiger partial charge in [-0.25, -0.2) is 0 Å². The normalized spacial score (nSPS) is 24.2. The van der Waals surface area contributed by atoms with E-state index in [0.29, 0.717) is 0 Å². The number of carboxylic acids is 1. The van der Waals surface area contributed by atoms with Crippen LogP contribution < -0.4 is 11.1 Å². The number of hydrogen-bond acceptors (Lipinski definition) is 4. The molecule has 0 aromatic rings. The van der Waals surface area contributed by atoms with Crippen molar-refractivity contribution in [3.63, 3.8) is 0 Å². The van der Waals surface area contributed by atoms with Crippen molar-refractivity contribution < 1.29 is 14.7 Å². The average Bonchev–Trinajstić information content (AvgIpc) is 2.55. The zero-order chi connectivity index (χ0) is 9.84. The van der Waals surface area contributed by atoms with E-state index < -0.39 is 12.0 Å². The van der Waals surface area contributed by atoms with Crippen LogP contribution >= 0.6 is 0 Å². The number of hydrogen-bond donors (Lipinski definition) is 3. The van der Waals surface area contributed by atoms with E-state index in [0.717, 1.165) is 19.4 Å². The molecule has 1 unspecified atom stereocenters. The van der Waals surface area contributed by atoms with Crippen LogP contribution in [0.1, 0.15) is 19.3 Å². The molecule has 2 atom stereocenters. The molecule has 0 radical (unpaired) electrons. The van der Waals surface area contributed by atoms with Gasteiger partial charge in [0, 0.05) is 6.42 Å². The zero-order valence-electron chi connectivity index (χ0n) is 7.32. The number of carbonyl (C=O) groups excluding carboxylic acids is 1. The fourth-order valence-corrected chi connectivity index (χ4v) is 1.41. The van der Waals surface area contributed by atoms with Gasteiger partial charge in [-0.05, 0) is 19.4 Å². The number of aliphatic carboxylic acids is 1. The second-order valence-corrected chi connectivity index (χ2v) is 3.26. The quantitative estimate of drug-likeness (QED) is 0.529. The minimum Gasteiger partial charge on any atom is -0.480 e. The highest BCUT2D eigenvalue weighted by atomic mass is 16.4. The summed E-state index contributed by atoms with van der Waals surface area (Å²) in [5.41, 5.74) is 5.24. The summed E-state index contributed by atoms with van der Waals surface area (Å²) >= 11 is 0. The predicted molar refractivity (Wildman–Crippen MR) is 46.3 cm³/mol. The minimum absolute atomic E-state index is 0.0764. The first-order chi connectivity index (χ1) is 6.11. The maximum atomic E-state index is 11.4. The van der Waals surface area contributed by atoms with Crippen LogP contribution in [0.3, 0.4) is 0 Å². The van der Waals surface area contributed by atoms with Crippen LogP contribution in [-0.2, 0) is 9.59 Å². The highest BCUT2D eigenvalue weighted by Gasteiger charge is 2.25. The van der Waals surface area contributed by atoms with Gasteiger partial charge >= 0.3 is 5.97 Å². The highest BCUT2D eigenvalue weighted by Crippen LogP contribution is 2.08. The Kier molecular flexibility index (Phi) is 3.39. The van der Waals surface area contributed by atoms with E-state index in [2.05, 4.69) is 5.32 Å². The SMILES string of the molecule is N[C@@H](CC(=O)C1CCCN1)C(=O)O. The molecule has 1 rings (SSSR count). The molecule has 13 heavy (non-hydrogen) atoms. The van der Waals surface area contributed by atoms with E-state index in [1.54, 1.807) is 0 Å². The standard InChI is InChI=1S/C8H14N2O3/c9-5(8(12)13)4-7(11)6-2-1-3-10-6/h5-6,10H,1-4,9H2,(H,12,13)/t5-,6?/m0/s1. The molecule has 5 nitrogen and oxygen atoms in total. The predicted octanol–water partition coefficient (Wildman–Crippen LogP) is -0.890. The number of nitrogens with one attached hydrogen (secondary N) is 1. The van der Waals surface area contributed by atoms with Gasteiger partial charge in [-0.3, -0.25) is 9.59 Å². The van der Waals surface area contributed by atoms with E-state index in [1.807, 2.05) is 0 Å². The fourth-order valence-electron chi connectivity index (χ4n) is 1.41. The third-order valence-electron chi connectivity index (χ3n) is 2.19. The molecule has 0 amide bonds. The Morgan fingerprint density at radius 1 is 1.62 bits per heavy atom. The zero-order valence-corrected chi connectivity index (χ0v) is 7.32. The summed E-state index contributed by atoms with van der Waals surface area (Å²) in [5, 5.41) is 11.5. The second-order valence-electron chi connectivity index (χ2n) is 3.26. The molecule has 0 spiro atoms. The van der Waals surface area contributed by atoms with Crippen LogP contribution in [0.15, 0.2) is 0 Å². The van der Waals surface area contributed by atoms with Crippen molar-refractivity contribution in [3.05, 3.63) is 0 Å². The average molecular weight is 186 g/mol. The van der Waals surface area contributed by atoms with Gasteiger partial charge in [-0.15, -0.1) is 0 Å². The van der Waals surface area contributed by atoms with Gasteiger partial charge in [-0.1, -0.05) is 0 Å².